The van der Waals surface area contributed by atoms with Crippen molar-refractivity contribution in [2.24, 2.45) is 0 Å². The Morgan fingerprint density at radius 2 is 2.00 bits per heavy atom. The number of rotatable bonds is 4. The molecule has 13 heteroatoms. The standard InChI is InChI=1S/C15H13ClF3N3O4S2/c1-26-12(23)10-6-8(28(24,25)11-5-3-2-4-9(11)16)7-22(10)14-21-20-13(27-14)15(17,18)19/h2-5,8,10H,6-7H2,1H3/t8-,10?/m1/s1. The van der Waals surface area contributed by atoms with Gasteiger partial charge in [0.05, 0.1) is 22.3 Å². The summed E-state index contributed by atoms with van der Waals surface area (Å²) in [6.45, 7) is -0.250. The van der Waals surface area contributed by atoms with Crippen molar-refractivity contribution in [3.05, 3.63) is 34.3 Å². The number of sulfone groups is 1. The molecule has 0 bridgehead atoms. The molecule has 1 unspecified atom stereocenters. The predicted molar refractivity (Wildman–Crippen MR) is 95.1 cm³/mol. The minimum Gasteiger partial charge on any atom is -0.467 e. The van der Waals surface area contributed by atoms with Crippen LogP contribution in [0.5, 0.6) is 0 Å². The van der Waals surface area contributed by atoms with Gasteiger partial charge in [-0.15, -0.1) is 10.2 Å². The summed E-state index contributed by atoms with van der Waals surface area (Å²) in [6.07, 6.45) is -4.87. The van der Waals surface area contributed by atoms with Crippen molar-refractivity contribution >= 4 is 43.9 Å². The summed E-state index contributed by atoms with van der Waals surface area (Å²) in [7, 11) is -2.84. The third kappa shape index (κ3) is 3.80. The van der Waals surface area contributed by atoms with Gasteiger partial charge in [-0.05, 0) is 18.6 Å². The third-order valence-electron chi connectivity index (χ3n) is 4.22. The van der Waals surface area contributed by atoms with E-state index in [9.17, 15) is 26.4 Å². The van der Waals surface area contributed by atoms with Crippen LogP contribution in [0.25, 0.3) is 0 Å². The average molecular weight is 456 g/mol. The van der Waals surface area contributed by atoms with Gasteiger partial charge >= 0.3 is 12.1 Å². The molecular weight excluding hydrogens is 443 g/mol. The first-order valence-electron chi connectivity index (χ1n) is 7.79. The van der Waals surface area contributed by atoms with Gasteiger partial charge in [-0.3, -0.25) is 0 Å². The largest absolute Gasteiger partial charge is 0.467 e. The number of hydrogen-bond acceptors (Lipinski definition) is 8. The van der Waals surface area contributed by atoms with Gasteiger partial charge in [0, 0.05) is 6.54 Å². The van der Waals surface area contributed by atoms with E-state index in [1.165, 1.54) is 23.1 Å². The van der Waals surface area contributed by atoms with E-state index in [2.05, 4.69) is 14.9 Å². The maximum absolute atomic E-state index is 13.0. The summed E-state index contributed by atoms with van der Waals surface area (Å²) >= 11 is 6.22. The number of esters is 1. The number of aromatic nitrogens is 2. The molecule has 2 heterocycles. The molecule has 152 valence electrons. The van der Waals surface area contributed by atoms with E-state index < -0.39 is 38.3 Å². The van der Waals surface area contributed by atoms with Crippen molar-refractivity contribution < 1.29 is 31.1 Å². The van der Waals surface area contributed by atoms with Gasteiger partial charge in [-0.25, -0.2) is 13.2 Å². The second-order valence-corrected chi connectivity index (χ2v) is 9.47. The smallest absolute Gasteiger partial charge is 0.445 e. The lowest BCUT2D eigenvalue weighted by Crippen LogP contribution is -2.37. The number of benzene rings is 1. The van der Waals surface area contributed by atoms with Crippen LogP contribution in [-0.4, -0.2) is 49.5 Å². The van der Waals surface area contributed by atoms with Crippen molar-refractivity contribution in [2.75, 3.05) is 18.6 Å². The number of anilines is 1. The second kappa shape index (κ2) is 7.48. The first-order chi connectivity index (χ1) is 13.1. The normalized spacial score (nSPS) is 20.4. The monoisotopic (exact) mass is 455 g/mol. The summed E-state index contributed by atoms with van der Waals surface area (Å²) in [5.74, 6) is -0.777. The fourth-order valence-corrected chi connectivity index (χ4v) is 5.88. The topological polar surface area (TPSA) is 89.5 Å². The van der Waals surface area contributed by atoms with Crippen LogP contribution in [0.3, 0.4) is 0 Å². The molecule has 0 aliphatic carbocycles. The van der Waals surface area contributed by atoms with Crippen molar-refractivity contribution in [2.45, 2.75) is 28.8 Å². The number of carbonyl (C=O) groups is 1. The summed E-state index contributed by atoms with van der Waals surface area (Å²) in [5, 5.41) is 4.11. The Labute approximate surface area is 167 Å². The maximum Gasteiger partial charge on any atom is 0.445 e. The van der Waals surface area contributed by atoms with Crippen molar-refractivity contribution in [3.8, 4) is 0 Å². The summed E-state index contributed by atoms with van der Waals surface area (Å²) < 4.78 is 69.1. The molecule has 1 saturated heterocycles. The summed E-state index contributed by atoms with van der Waals surface area (Å²) in [6, 6.07) is 4.71. The van der Waals surface area contributed by atoms with Crippen LogP contribution in [0.4, 0.5) is 18.3 Å². The zero-order valence-electron chi connectivity index (χ0n) is 14.2. The van der Waals surface area contributed by atoms with E-state index in [4.69, 9.17) is 11.6 Å². The van der Waals surface area contributed by atoms with Crippen molar-refractivity contribution in [1.82, 2.24) is 10.2 Å². The van der Waals surface area contributed by atoms with Crippen LogP contribution < -0.4 is 4.90 Å². The minimum absolute atomic E-state index is 0.0193. The van der Waals surface area contributed by atoms with Crippen LogP contribution in [0.2, 0.25) is 5.02 Å². The molecule has 7 nitrogen and oxygen atoms in total. The number of halogens is 4. The number of hydrogen-bond donors (Lipinski definition) is 0. The van der Waals surface area contributed by atoms with Crippen LogP contribution in [0, 0.1) is 0 Å². The maximum atomic E-state index is 13.0. The van der Waals surface area contributed by atoms with E-state index in [1.54, 1.807) is 6.07 Å². The van der Waals surface area contributed by atoms with Crippen LogP contribution in [0.1, 0.15) is 11.4 Å². The van der Waals surface area contributed by atoms with E-state index in [0.29, 0.717) is 0 Å². The predicted octanol–water partition coefficient (Wildman–Crippen LogP) is 2.80. The van der Waals surface area contributed by atoms with E-state index in [0.717, 1.165) is 7.11 Å². The number of methoxy groups -OCH3 is 1. The fourth-order valence-electron chi connectivity index (χ4n) is 2.89. The SMILES string of the molecule is COC(=O)C1C[C@@H](S(=O)(=O)c2ccccc2Cl)CN1c1nnc(C(F)(F)F)s1. The summed E-state index contributed by atoms with van der Waals surface area (Å²) in [4.78, 5) is 13.2. The average Bonchev–Trinajstić information content (AvgIpc) is 3.28. The van der Waals surface area contributed by atoms with Crippen LogP contribution in [-0.2, 0) is 25.5 Å². The molecule has 3 rings (SSSR count). The van der Waals surface area contributed by atoms with Crippen LogP contribution in [0.15, 0.2) is 29.2 Å². The zero-order valence-corrected chi connectivity index (χ0v) is 16.6. The lowest BCUT2D eigenvalue weighted by atomic mass is 10.2. The molecule has 0 saturated carbocycles. The lowest BCUT2D eigenvalue weighted by Gasteiger charge is -2.20. The Morgan fingerprint density at radius 1 is 1.32 bits per heavy atom. The number of carbonyl (C=O) groups excluding carboxylic acids is 1. The number of nitrogens with zero attached hydrogens (tertiary/aromatic N) is 3. The Balaban J connectivity index is 1.97. The van der Waals surface area contributed by atoms with E-state index >= 15 is 0 Å². The van der Waals surface area contributed by atoms with Gasteiger partial charge in [-0.2, -0.15) is 13.2 Å². The fraction of sp³-hybridized carbons (Fsp3) is 0.400. The Hall–Kier alpha value is -1.92. The first kappa shape index (κ1) is 20.8. The molecule has 1 aliphatic heterocycles. The van der Waals surface area contributed by atoms with Gasteiger partial charge in [0.25, 0.3) is 0 Å². The third-order valence-corrected chi connectivity index (χ3v) is 7.86. The molecule has 1 fully saturated rings. The van der Waals surface area contributed by atoms with Gasteiger partial charge in [0.15, 0.2) is 9.84 Å². The van der Waals surface area contributed by atoms with Gasteiger partial charge in [0.1, 0.15) is 6.04 Å². The highest BCUT2D eigenvalue weighted by Crippen LogP contribution is 2.39. The van der Waals surface area contributed by atoms with E-state index in [1.807, 2.05) is 0 Å². The summed E-state index contributed by atoms with van der Waals surface area (Å²) in [5.41, 5.74) is 0. The molecule has 2 atom stereocenters. The number of alkyl halides is 3. The van der Waals surface area contributed by atoms with Crippen molar-refractivity contribution in [3.63, 3.8) is 0 Å². The molecule has 0 spiro atoms. The minimum atomic E-state index is -4.69. The highest BCUT2D eigenvalue weighted by molar-refractivity contribution is 7.92. The first-order valence-corrected chi connectivity index (χ1v) is 10.5. The molecule has 2 aromatic rings. The lowest BCUT2D eigenvalue weighted by molar-refractivity contribution is -0.142. The van der Waals surface area contributed by atoms with Crippen molar-refractivity contribution in [1.29, 1.82) is 0 Å². The highest BCUT2D eigenvalue weighted by atomic mass is 35.5. The quantitative estimate of drug-likeness (QED) is 0.655. The van der Waals surface area contributed by atoms with Gasteiger partial charge in [-0.1, -0.05) is 35.1 Å². The molecular formula is C15H13ClF3N3O4S2. The molecule has 0 radical (unpaired) electrons. The molecule has 0 N–H and O–H groups in total. The molecule has 1 aromatic carbocycles. The molecule has 1 aliphatic rings. The Morgan fingerprint density at radius 3 is 2.57 bits per heavy atom. The van der Waals surface area contributed by atoms with Gasteiger partial charge < -0.3 is 9.64 Å². The van der Waals surface area contributed by atoms with Crippen LogP contribution >= 0.6 is 22.9 Å². The second-order valence-electron chi connectivity index (χ2n) is 5.91. The highest BCUT2D eigenvalue weighted by Gasteiger charge is 2.46. The Bertz CT molecular complexity index is 996. The number of ether oxygens (including phenoxy) is 1. The zero-order chi connectivity index (χ0) is 20.7. The Kier molecular flexibility index (Phi) is 5.56. The molecule has 0 amide bonds. The van der Waals surface area contributed by atoms with Gasteiger partial charge in [0.2, 0.25) is 10.1 Å². The van der Waals surface area contributed by atoms with E-state index in [-0.39, 0.29) is 39.4 Å². The molecule has 28 heavy (non-hydrogen) atoms. The molecule has 1 aromatic heterocycles.